The van der Waals surface area contributed by atoms with Crippen LogP contribution >= 0.6 is 0 Å². The third-order valence-corrected chi connectivity index (χ3v) is 5.21. The molecule has 0 aliphatic carbocycles. The maximum Gasteiger partial charge on any atom is 0.133 e. The second-order valence-electron chi connectivity index (χ2n) is 7.62. The first-order valence-electron chi connectivity index (χ1n) is 9.71. The Balaban J connectivity index is 1.87. The van der Waals surface area contributed by atoms with Gasteiger partial charge in [-0.2, -0.15) is 0 Å². The van der Waals surface area contributed by atoms with Crippen molar-refractivity contribution < 1.29 is 9.47 Å². The van der Waals surface area contributed by atoms with Crippen LogP contribution in [0, 0.1) is 13.8 Å². The van der Waals surface area contributed by atoms with Crippen molar-refractivity contribution in [2.24, 2.45) is 0 Å². The molecule has 1 saturated heterocycles. The lowest BCUT2D eigenvalue weighted by Gasteiger charge is -2.30. The Bertz CT molecular complexity index is 738. The van der Waals surface area contributed by atoms with Gasteiger partial charge in [-0.15, -0.1) is 0 Å². The third kappa shape index (κ3) is 3.98. The van der Waals surface area contributed by atoms with Crippen molar-refractivity contribution >= 4 is 5.69 Å². The summed E-state index contributed by atoms with van der Waals surface area (Å²) < 4.78 is 11.8. The molecule has 2 aromatic carbocycles. The van der Waals surface area contributed by atoms with Crippen molar-refractivity contribution in [1.82, 2.24) is 0 Å². The van der Waals surface area contributed by atoms with Crippen LogP contribution in [0.1, 0.15) is 55.7 Å². The fraction of sp³-hybridized carbons (Fsp3) is 0.478. The summed E-state index contributed by atoms with van der Waals surface area (Å²) in [6.45, 7) is 11.0. The highest BCUT2D eigenvalue weighted by Crippen LogP contribution is 2.36. The summed E-state index contributed by atoms with van der Waals surface area (Å²) in [4.78, 5) is 2.50. The molecule has 3 rings (SSSR count). The van der Waals surface area contributed by atoms with Gasteiger partial charge in [0.15, 0.2) is 0 Å². The van der Waals surface area contributed by atoms with Crippen LogP contribution in [0.4, 0.5) is 5.69 Å². The molecule has 3 heteroatoms. The van der Waals surface area contributed by atoms with Crippen molar-refractivity contribution in [1.29, 1.82) is 0 Å². The number of ether oxygens (including phenoxy) is 2. The van der Waals surface area contributed by atoms with E-state index >= 15 is 0 Å². The first-order chi connectivity index (χ1) is 12.5. The molecule has 0 bridgehead atoms. The minimum absolute atomic E-state index is 0.386. The van der Waals surface area contributed by atoms with Gasteiger partial charge in [0.1, 0.15) is 17.2 Å². The van der Waals surface area contributed by atoms with Crippen molar-refractivity contribution in [3.63, 3.8) is 0 Å². The molecule has 0 N–H and O–H groups in total. The summed E-state index contributed by atoms with van der Waals surface area (Å²) in [5.41, 5.74) is 4.87. The minimum Gasteiger partial charge on any atom is -0.496 e. The van der Waals surface area contributed by atoms with Crippen LogP contribution in [0.2, 0.25) is 0 Å². The number of hydrogen-bond acceptors (Lipinski definition) is 3. The number of benzene rings is 2. The molecular weight excluding hydrogens is 322 g/mol. The Kier molecular flexibility index (Phi) is 5.75. The van der Waals surface area contributed by atoms with Crippen molar-refractivity contribution in [3.05, 3.63) is 47.0 Å². The standard InChI is InChI=1S/C23H31NO2/c1-16(2)21-15-20(9-10-22(21)25-5)26-23-17(3)13-19(14-18(23)4)24-11-7-6-8-12-24/h9-10,13-16H,6-8,11-12H2,1-5H3. The van der Waals surface area contributed by atoms with E-state index in [0.29, 0.717) is 5.92 Å². The zero-order valence-electron chi connectivity index (χ0n) is 16.8. The van der Waals surface area contributed by atoms with Crippen LogP contribution in [-0.4, -0.2) is 20.2 Å². The molecule has 1 fully saturated rings. The van der Waals surface area contributed by atoms with Crippen LogP contribution in [0.5, 0.6) is 17.2 Å². The number of rotatable bonds is 5. The summed E-state index contributed by atoms with van der Waals surface area (Å²) in [7, 11) is 1.72. The molecule has 140 valence electrons. The molecule has 3 nitrogen and oxygen atoms in total. The topological polar surface area (TPSA) is 21.7 Å². The second kappa shape index (κ2) is 8.03. The van der Waals surface area contributed by atoms with Gasteiger partial charge >= 0.3 is 0 Å². The molecule has 0 unspecified atom stereocenters. The highest BCUT2D eigenvalue weighted by atomic mass is 16.5. The predicted octanol–water partition coefficient (Wildman–Crippen LogP) is 6.22. The fourth-order valence-electron chi connectivity index (χ4n) is 3.77. The lowest BCUT2D eigenvalue weighted by molar-refractivity contribution is 0.405. The lowest BCUT2D eigenvalue weighted by atomic mass is 10.0. The summed E-state index contributed by atoms with van der Waals surface area (Å²) in [6, 6.07) is 10.6. The first kappa shape index (κ1) is 18.6. The highest BCUT2D eigenvalue weighted by molar-refractivity contribution is 5.58. The number of nitrogens with zero attached hydrogens (tertiary/aromatic N) is 1. The molecule has 1 heterocycles. The zero-order chi connectivity index (χ0) is 18.7. The summed E-state index contributed by atoms with van der Waals surface area (Å²) in [5, 5.41) is 0. The van der Waals surface area contributed by atoms with Crippen LogP contribution in [0.15, 0.2) is 30.3 Å². The fourth-order valence-corrected chi connectivity index (χ4v) is 3.77. The van der Waals surface area contributed by atoms with Crippen molar-refractivity contribution in [2.75, 3.05) is 25.1 Å². The molecule has 1 aliphatic heterocycles. The number of methoxy groups -OCH3 is 1. The third-order valence-electron chi connectivity index (χ3n) is 5.21. The Morgan fingerprint density at radius 2 is 1.58 bits per heavy atom. The Morgan fingerprint density at radius 3 is 2.15 bits per heavy atom. The van der Waals surface area contributed by atoms with Gasteiger partial charge in [0.2, 0.25) is 0 Å². The Labute approximate surface area is 157 Å². The largest absolute Gasteiger partial charge is 0.496 e. The average Bonchev–Trinajstić information content (AvgIpc) is 2.65. The predicted molar refractivity (Wildman–Crippen MR) is 109 cm³/mol. The molecule has 2 aromatic rings. The van der Waals surface area contributed by atoms with E-state index in [1.54, 1.807) is 7.11 Å². The second-order valence-corrected chi connectivity index (χ2v) is 7.62. The van der Waals surface area contributed by atoms with Gasteiger partial charge < -0.3 is 14.4 Å². The SMILES string of the molecule is COc1ccc(Oc2c(C)cc(N3CCCCC3)cc2C)cc1C(C)C. The lowest BCUT2D eigenvalue weighted by Crippen LogP contribution is -2.29. The van der Waals surface area contributed by atoms with Crippen LogP contribution < -0.4 is 14.4 Å². The van der Waals surface area contributed by atoms with Gasteiger partial charge in [0.05, 0.1) is 7.11 Å². The van der Waals surface area contributed by atoms with E-state index in [-0.39, 0.29) is 0 Å². The van der Waals surface area contributed by atoms with E-state index in [0.717, 1.165) is 30.3 Å². The van der Waals surface area contributed by atoms with E-state index < -0.39 is 0 Å². The van der Waals surface area contributed by atoms with E-state index in [1.807, 2.05) is 12.1 Å². The monoisotopic (exact) mass is 353 g/mol. The van der Waals surface area contributed by atoms with E-state index in [2.05, 4.69) is 50.8 Å². The van der Waals surface area contributed by atoms with E-state index in [4.69, 9.17) is 9.47 Å². The number of piperidine rings is 1. The number of aryl methyl sites for hydroxylation is 2. The van der Waals surface area contributed by atoms with Gasteiger partial charge in [0.25, 0.3) is 0 Å². The van der Waals surface area contributed by atoms with Gasteiger partial charge in [-0.25, -0.2) is 0 Å². The first-order valence-corrected chi connectivity index (χ1v) is 9.71. The van der Waals surface area contributed by atoms with Crippen molar-refractivity contribution in [3.8, 4) is 17.2 Å². The molecule has 26 heavy (non-hydrogen) atoms. The molecule has 0 atom stereocenters. The van der Waals surface area contributed by atoms with E-state index in [9.17, 15) is 0 Å². The molecule has 1 aliphatic rings. The van der Waals surface area contributed by atoms with E-state index in [1.165, 1.54) is 41.6 Å². The number of hydrogen-bond donors (Lipinski definition) is 0. The Hall–Kier alpha value is -2.16. The molecule has 0 amide bonds. The molecule has 0 saturated carbocycles. The number of anilines is 1. The van der Waals surface area contributed by atoms with Gasteiger partial charge in [-0.3, -0.25) is 0 Å². The molecule has 0 radical (unpaired) electrons. The maximum atomic E-state index is 6.30. The minimum atomic E-state index is 0.386. The molecule has 0 aromatic heterocycles. The van der Waals surface area contributed by atoms with Crippen LogP contribution in [0.25, 0.3) is 0 Å². The average molecular weight is 354 g/mol. The van der Waals surface area contributed by atoms with Crippen LogP contribution in [-0.2, 0) is 0 Å². The smallest absolute Gasteiger partial charge is 0.133 e. The van der Waals surface area contributed by atoms with Gasteiger partial charge in [-0.1, -0.05) is 13.8 Å². The maximum absolute atomic E-state index is 6.30. The highest BCUT2D eigenvalue weighted by Gasteiger charge is 2.15. The quantitative estimate of drug-likeness (QED) is 0.637. The summed E-state index contributed by atoms with van der Waals surface area (Å²) in [6.07, 6.45) is 3.94. The van der Waals surface area contributed by atoms with Crippen molar-refractivity contribution in [2.45, 2.75) is 52.9 Å². The summed E-state index contributed by atoms with van der Waals surface area (Å²) >= 11 is 0. The van der Waals surface area contributed by atoms with Crippen LogP contribution in [0.3, 0.4) is 0 Å². The normalized spacial score (nSPS) is 14.6. The van der Waals surface area contributed by atoms with Gasteiger partial charge in [-0.05, 0) is 80.5 Å². The molecular formula is C23H31NO2. The Morgan fingerprint density at radius 1 is 0.923 bits per heavy atom. The molecule has 0 spiro atoms. The summed E-state index contributed by atoms with van der Waals surface area (Å²) in [5.74, 6) is 3.13. The van der Waals surface area contributed by atoms with Gasteiger partial charge in [0, 0.05) is 24.3 Å². The zero-order valence-corrected chi connectivity index (χ0v) is 16.8.